The summed E-state index contributed by atoms with van der Waals surface area (Å²) >= 11 is 4.46. The maximum atomic E-state index is 3.89. The molecule has 0 saturated heterocycles. The Bertz CT molecular complexity index is 368. The van der Waals surface area contributed by atoms with Gasteiger partial charge in [0.2, 0.25) is 0 Å². The van der Waals surface area contributed by atoms with E-state index in [-0.39, 0.29) is 0 Å². The fourth-order valence-corrected chi connectivity index (χ4v) is 5.19. The van der Waals surface area contributed by atoms with Gasteiger partial charge in [0.05, 0.1) is 2.88 Å². The molecule has 0 spiro atoms. The fraction of sp³-hybridized carbons (Fsp3) is 0.692. The second kappa shape index (κ2) is 4.94. The van der Waals surface area contributed by atoms with E-state index in [1.54, 1.807) is 10.4 Å². The Morgan fingerprint density at radius 2 is 2.00 bits per heavy atom. The monoisotopic (exact) mass is 347 g/mol. The van der Waals surface area contributed by atoms with Gasteiger partial charge in [0.15, 0.2) is 0 Å². The number of halogens is 1. The van der Waals surface area contributed by atoms with Gasteiger partial charge in [0.25, 0.3) is 0 Å². The van der Waals surface area contributed by atoms with Crippen LogP contribution in [-0.4, -0.2) is 6.04 Å². The van der Waals surface area contributed by atoms with Crippen molar-refractivity contribution in [2.75, 3.05) is 0 Å². The first kappa shape index (κ1) is 11.5. The molecule has 1 saturated carbocycles. The summed E-state index contributed by atoms with van der Waals surface area (Å²) in [5, 5.41) is 3.89. The second-order valence-corrected chi connectivity index (χ2v) is 8.05. The summed E-state index contributed by atoms with van der Waals surface area (Å²) in [6.45, 7) is 0. The Kier molecular flexibility index (Phi) is 3.55. The third-order valence-electron chi connectivity index (χ3n) is 3.88. The second-order valence-electron chi connectivity index (χ2n) is 5.02. The summed E-state index contributed by atoms with van der Waals surface area (Å²) in [4.78, 5) is 1.64. The highest BCUT2D eigenvalue weighted by molar-refractivity contribution is 14.1. The van der Waals surface area contributed by atoms with E-state index in [1.165, 1.54) is 47.8 Å². The topological polar surface area (TPSA) is 12.0 Å². The summed E-state index contributed by atoms with van der Waals surface area (Å²) in [7, 11) is 0. The molecule has 1 heterocycles. The zero-order valence-electron chi connectivity index (χ0n) is 9.47. The average Bonchev–Trinajstić information content (AvgIpc) is 2.86. The Hall–Kier alpha value is 0.390. The van der Waals surface area contributed by atoms with Crippen molar-refractivity contribution in [1.82, 2.24) is 5.32 Å². The quantitative estimate of drug-likeness (QED) is 0.788. The summed E-state index contributed by atoms with van der Waals surface area (Å²) in [5.74, 6) is 0. The SMILES string of the molecule is Ic1cc2c(s1)CCCC2NC1CCCC1. The Morgan fingerprint density at radius 1 is 1.19 bits per heavy atom. The maximum absolute atomic E-state index is 3.89. The highest BCUT2D eigenvalue weighted by Gasteiger charge is 2.25. The van der Waals surface area contributed by atoms with Crippen molar-refractivity contribution in [3.8, 4) is 0 Å². The van der Waals surface area contributed by atoms with Crippen LogP contribution in [0, 0.1) is 2.88 Å². The molecule has 1 fully saturated rings. The average molecular weight is 347 g/mol. The van der Waals surface area contributed by atoms with Crippen molar-refractivity contribution in [2.24, 2.45) is 0 Å². The van der Waals surface area contributed by atoms with Crippen molar-refractivity contribution >= 4 is 33.9 Å². The lowest BCUT2D eigenvalue weighted by Gasteiger charge is -2.26. The van der Waals surface area contributed by atoms with Gasteiger partial charge in [-0.3, -0.25) is 0 Å². The first-order chi connectivity index (χ1) is 7.83. The molecule has 1 unspecified atom stereocenters. The zero-order chi connectivity index (χ0) is 11.0. The number of hydrogen-bond donors (Lipinski definition) is 1. The smallest absolute Gasteiger partial charge is 0.0659 e. The van der Waals surface area contributed by atoms with Crippen LogP contribution in [0.1, 0.15) is 55.0 Å². The molecule has 0 amide bonds. The lowest BCUT2D eigenvalue weighted by molar-refractivity contribution is 0.399. The van der Waals surface area contributed by atoms with Gasteiger partial charge in [-0.15, -0.1) is 11.3 Å². The Morgan fingerprint density at radius 3 is 2.81 bits per heavy atom. The first-order valence-corrected chi connectivity index (χ1v) is 8.26. The minimum absolute atomic E-state index is 0.659. The van der Waals surface area contributed by atoms with Crippen LogP contribution in [0.5, 0.6) is 0 Å². The van der Waals surface area contributed by atoms with Gasteiger partial charge in [-0.25, -0.2) is 0 Å². The van der Waals surface area contributed by atoms with Crippen LogP contribution >= 0.6 is 33.9 Å². The molecule has 1 N–H and O–H groups in total. The summed E-state index contributed by atoms with van der Waals surface area (Å²) < 4.78 is 1.46. The first-order valence-electron chi connectivity index (χ1n) is 6.37. The van der Waals surface area contributed by atoms with Crippen molar-refractivity contribution in [3.63, 3.8) is 0 Å². The summed E-state index contributed by atoms with van der Waals surface area (Å²) in [6, 6.07) is 3.87. The lowest BCUT2D eigenvalue weighted by Crippen LogP contribution is -2.32. The van der Waals surface area contributed by atoms with Gasteiger partial charge in [-0.1, -0.05) is 12.8 Å². The number of hydrogen-bond acceptors (Lipinski definition) is 2. The molecule has 3 rings (SSSR count). The van der Waals surface area contributed by atoms with Crippen LogP contribution in [0.25, 0.3) is 0 Å². The molecule has 0 aromatic carbocycles. The highest BCUT2D eigenvalue weighted by Crippen LogP contribution is 2.37. The maximum Gasteiger partial charge on any atom is 0.0659 e. The van der Waals surface area contributed by atoms with E-state index >= 15 is 0 Å². The number of fused-ring (bicyclic) bond motifs is 1. The Balaban J connectivity index is 1.75. The van der Waals surface area contributed by atoms with Crippen molar-refractivity contribution in [3.05, 3.63) is 19.4 Å². The third kappa shape index (κ3) is 2.31. The molecular weight excluding hydrogens is 329 g/mol. The van der Waals surface area contributed by atoms with E-state index < -0.39 is 0 Å². The van der Waals surface area contributed by atoms with Crippen molar-refractivity contribution in [1.29, 1.82) is 0 Å². The van der Waals surface area contributed by atoms with Crippen LogP contribution in [0.4, 0.5) is 0 Å². The molecule has 16 heavy (non-hydrogen) atoms. The molecule has 88 valence electrons. The van der Waals surface area contributed by atoms with Gasteiger partial charge in [0.1, 0.15) is 0 Å². The number of aryl methyl sites for hydroxylation is 1. The molecule has 1 nitrogen and oxygen atoms in total. The van der Waals surface area contributed by atoms with Crippen LogP contribution < -0.4 is 5.32 Å². The zero-order valence-corrected chi connectivity index (χ0v) is 12.4. The number of rotatable bonds is 2. The molecular formula is C13H18INS. The summed E-state index contributed by atoms with van der Waals surface area (Å²) in [6.07, 6.45) is 9.67. The van der Waals surface area contributed by atoms with Gasteiger partial charge < -0.3 is 5.32 Å². The van der Waals surface area contributed by atoms with Crippen LogP contribution in [0.2, 0.25) is 0 Å². The molecule has 0 aliphatic heterocycles. The minimum Gasteiger partial charge on any atom is -0.307 e. The van der Waals surface area contributed by atoms with E-state index in [4.69, 9.17) is 0 Å². The summed E-state index contributed by atoms with van der Waals surface area (Å²) in [5.41, 5.74) is 1.62. The third-order valence-corrected chi connectivity index (χ3v) is 5.85. The van der Waals surface area contributed by atoms with Crippen LogP contribution in [0.15, 0.2) is 6.07 Å². The molecule has 1 aromatic rings. The van der Waals surface area contributed by atoms with E-state index in [9.17, 15) is 0 Å². The predicted octanol–water partition coefficient (Wildman–Crippen LogP) is 4.26. The largest absolute Gasteiger partial charge is 0.307 e. The van der Waals surface area contributed by atoms with Gasteiger partial charge in [0, 0.05) is 17.0 Å². The molecule has 2 aliphatic rings. The van der Waals surface area contributed by atoms with Crippen molar-refractivity contribution in [2.45, 2.75) is 57.0 Å². The van der Waals surface area contributed by atoms with Crippen LogP contribution in [0.3, 0.4) is 0 Å². The standard InChI is InChI=1S/C13H18INS/c14-13-8-10-11(6-3-7-12(10)16-13)15-9-4-1-2-5-9/h8-9,11,15H,1-7H2. The minimum atomic E-state index is 0.659. The van der Waals surface area contributed by atoms with Crippen molar-refractivity contribution < 1.29 is 0 Å². The van der Waals surface area contributed by atoms with Crippen LogP contribution in [-0.2, 0) is 6.42 Å². The van der Waals surface area contributed by atoms with Gasteiger partial charge >= 0.3 is 0 Å². The Labute approximate surface area is 115 Å². The van der Waals surface area contributed by atoms with Gasteiger partial charge in [-0.2, -0.15) is 0 Å². The predicted molar refractivity (Wildman–Crippen MR) is 78.1 cm³/mol. The number of thiophene rings is 1. The normalized spacial score (nSPS) is 25.9. The molecule has 1 atom stereocenters. The van der Waals surface area contributed by atoms with E-state index in [0.29, 0.717) is 6.04 Å². The lowest BCUT2D eigenvalue weighted by atomic mass is 9.93. The number of nitrogens with one attached hydrogen (secondary N) is 1. The molecule has 2 aliphatic carbocycles. The molecule has 3 heteroatoms. The molecule has 0 bridgehead atoms. The molecule has 1 aromatic heterocycles. The van der Waals surface area contributed by atoms with E-state index in [2.05, 4.69) is 34.0 Å². The molecule has 0 radical (unpaired) electrons. The van der Waals surface area contributed by atoms with E-state index in [1.807, 2.05) is 11.3 Å². The highest BCUT2D eigenvalue weighted by atomic mass is 127. The van der Waals surface area contributed by atoms with Gasteiger partial charge in [-0.05, 0) is 66.3 Å². The van der Waals surface area contributed by atoms with E-state index in [0.717, 1.165) is 6.04 Å². The fourth-order valence-electron chi connectivity index (χ4n) is 3.07.